The van der Waals surface area contributed by atoms with E-state index in [2.05, 4.69) is 15.6 Å². The summed E-state index contributed by atoms with van der Waals surface area (Å²) in [7, 11) is 3.12. The first-order valence-electron chi connectivity index (χ1n) is 9.24. The third-order valence-corrected chi connectivity index (χ3v) is 4.17. The second-order valence-electron chi connectivity index (χ2n) is 6.15. The minimum Gasteiger partial charge on any atom is -0.497 e. The van der Waals surface area contributed by atoms with Gasteiger partial charge < -0.3 is 25.2 Å². The highest BCUT2D eigenvalue weighted by Crippen LogP contribution is 2.26. The van der Waals surface area contributed by atoms with Gasteiger partial charge in [-0.25, -0.2) is 4.39 Å². The lowest BCUT2D eigenvalue weighted by Crippen LogP contribution is -2.38. The second kappa shape index (κ2) is 11.1. The lowest BCUT2D eigenvalue weighted by molar-refractivity contribution is 0.186. The van der Waals surface area contributed by atoms with Gasteiger partial charge in [0.15, 0.2) is 5.96 Å². The Morgan fingerprint density at radius 1 is 1.11 bits per heavy atom. The highest BCUT2D eigenvalue weighted by molar-refractivity contribution is 5.79. The number of hydrogen-bond donors (Lipinski definition) is 3. The zero-order valence-corrected chi connectivity index (χ0v) is 16.5. The largest absolute Gasteiger partial charge is 0.497 e. The summed E-state index contributed by atoms with van der Waals surface area (Å²) in [6, 6.07) is 12.0. The molecule has 0 saturated heterocycles. The quantitative estimate of drug-likeness (QED) is 0.454. The van der Waals surface area contributed by atoms with Crippen molar-refractivity contribution in [3.8, 4) is 11.5 Å². The van der Waals surface area contributed by atoms with E-state index < -0.39 is 6.10 Å². The van der Waals surface area contributed by atoms with Crippen LogP contribution in [0, 0.1) is 5.82 Å². The van der Waals surface area contributed by atoms with Crippen molar-refractivity contribution in [2.75, 3.05) is 33.9 Å². The van der Waals surface area contributed by atoms with E-state index in [9.17, 15) is 9.50 Å². The molecule has 3 N–H and O–H groups in total. The van der Waals surface area contributed by atoms with E-state index in [4.69, 9.17) is 9.47 Å². The van der Waals surface area contributed by atoms with E-state index in [1.54, 1.807) is 44.6 Å². The molecule has 0 bridgehead atoms. The molecule has 0 radical (unpaired) electrons. The SMILES string of the molecule is CCNC(=NCC(O)c1cc(OC)cc(OC)c1)NCCc1ccccc1F. The molecular formula is C21H28FN3O3. The van der Waals surface area contributed by atoms with E-state index >= 15 is 0 Å². The van der Waals surface area contributed by atoms with Crippen LogP contribution in [0.25, 0.3) is 0 Å². The van der Waals surface area contributed by atoms with Crippen LogP contribution in [0.2, 0.25) is 0 Å². The van der Waals surface area contributed by atoms with E-state index in [1.165, 1.54) is 6.07 Å². The van der Waals surface area contributed by atoms with Crippen molar-refractivity contribution in [3.63, 3.8) is 0 Å². The molecule has 2 aromatic carbocycles. The van der Waals surface area contributed by atoms with Crippen LogP contribution < -0.4 is 20.1 Å². The van der Waals surface area contributed by atoms with Gasteiger partial charge in [-0.05, 0) is 42.7 Å². The number of aliphatic hydroxyl groups excluding tert-OH is 1. The van der Waals surface area contributed by atoms with Crippen molar-refractivity contribution in [2.24, 2.45) is 4.99 Å². The van der Waals surface area contributed by atoms with Crippen molar-refractivity contribution < 1.29 is 19.0 Å². The maximum absolute atomic E-state index is 13.7. The highest BCUT2D eigenvalue weighted by Gasteiger charge is 2.11. The lowest BCUT2D eigenvalue weighted by Gasteiger charge is -2.15. The first-order valence-corrected chi connectivity index (χ1v) is 9.24. The molecule has 28 heavy (non-hydrogen) atoms. The van der Waals surface area contributed by atoms with Crippen LogP contribution in [0.1, 0.15) is 24.2 Å². The fraction of sp³-hybridized carbons (Fsp3) is 0.381. The molecular weight excluding hydrogens is 361 g/mol. The predicted octanol–water partition coefficient (Wildman–Crippen LogP) is 2.67. The third-order valence-electron chi connectivity index (χ3n) is 4.17. The molecule has 2 rings (SSSR count). The molecule has 0 fully saturated rings. The number of halogens is 1. The molecule has 1 unspecified atom stereocenters. The van der Waals surface area contributed by atoms with E-state index in [0.717, 1.165) is 0 Å². The van der Waals surface area contributed by atoms with Gasteiger partial charge >= 0.3 is 0 Å². The van der Waals surface area contributed by atoms with Crippen molar-refractivity contribution >= 4 is 5.96 Å². The number of hydrogen-bond acceptors (Lipinski definition) is 4. The van der Waals surface area contributed by atoms with Gasteiger partial charge in [0, 0.05) is 19.2 Å². The maximum atomic E-state index is 13.7. The first-order chi connectivity index (χ1) is 13.6. The number of aliphatic hydroxyl groups is 1. The zero-order chi connectivity index (χ0) is 20.4. The second-order valence-corrected chi connectivity index (χ2v) is 6.15. The summed E-state index contributed by atoms with van der Waals surface area (Å²) in [5.74, 6) is 1.56. The van der Waals surface area contributed by atoms with Gasteiger partial charge in [-0.2, -0.15) is 0 Å². The smallest absolute Gasteiger partial charge is 0.191 e. The average molecular weight is 389 g/mol. The van der Waals surface area contributed by atoms with Crippen LogP contribution in [0.5, 0.6) is 11.5 Å². The molecule has 6 nitrogen and oxygen atoms in total. The minimum atomic E-state index is -0.814. The number of guanidine groups is 1. The van der Waals surface area contributed by atoms with E-state index in [0.29, 0.717) is 48.1 Å². The molecule has 0 amide bonds. The maximum Gasteiger partial charge on any atom is 0.191 e. The third kappa shape index (κ3) is 6.42. The Labute approximate surface area is 165 Å². The van der Waals surface area contributed by atoms with Gasteiger partial charge in [0.1, 0.15) is 17.3 Å². The van der Waals surface area contributed by atoms with Crippen LogP contribution >= 0.6 is 0 Å². The van der Waals surface area contributed by atoms with Crippen molar-refractivity contribution in [1.29, 1.82) is 0 Å². The van der Waals surface area contributed by atoms with Gasteiger partial charge in [-0.1, -0.05) is 18.2 Å². The number of methoxy groups -OCH3 is 2. The minimum absolute atomic E-state index is 0.158. The van der Waals surface area contributed by atoms with Gasteiger partial charge in [0.2, 0.25) is 0 Å². The topological polar surface area (TPSA) is 75.1 Å². The Bertz CT molecular complexity index is 761. The lowest BCUT2D eigenvalue weighted by atomic mass is 10.1. The summed E-state index contributed by atoms with van der Waals surface area (Å²) in [6.45, 7) is 3.31. The molecule has 0 heterocycles. The molecule has 0 aliphatic carbocycles. The van der Waals surface area contributed by atoms with Crippen LogP contribution in [0.15, 0.2) is 47.5 Å². The Morgan fingerprint density at radius 3 is 2.39 bits per heavy atom. The van der Waals surface area contributed by atoms with Crippen LogP contribution in [0.4, 0.5) is 4.39 Å². The Hall–Kier alpha value is -2.80. The van der Waals surface area contributed by atoms with Crippen molar-refractivity contribution in [3.05, 3.63) is 59.4 Å². The van der Waals surface area contributed by atoms with Gasteiger partial charge in [-0.3, -0.25) is 4.99 Å². The Morgan fingerprint density at radius 2 is 1.79 bits per heavy atom. The summed E-state index contributed by atoms with van der Waals surface area (Å²) in [5.41, 5.74) is 1.30. The van der Waals surface area contributed by atoms with Gasteiger partial charge in [0.05, 0.1) is 26.9 Å². The first kappa shape index (κ1) is 21.5. The summed E-state index contributed by atoms with van der Waals surface area (Å²) >= 11 is 0. The molecule has 1 atom stereocenters. The number of benzene rings is 2. The summed E-state index contributed by atoms with van der Waals surface area (Å²) in [4.78, 5) is 4.42. The molecule has 0 aliphatic rings. The normalized spacial score (nSPS) is 12.4. The number of nitrogens with one attached hydrogen (secondary N) is 2. The van der Waals surface area contributed by atoms with E-state index in [1.807, 2.05) is 13.0 Å². The van der Waals surface area contributed by atoms with Crippen LogP contribution in [0.3, 0.4) is 0 Å². The summed E-state index contributed by atoms with van der Waals surface area (Å²) in [6.07, 6.45) is -0.279. The number of ether oxygens (including phenoxy) is 2. The molecule has 2 aromatic rings. The van der Waals surface area contributed by atoms with Gasteiger partial charge in [-0.15, -0.1) is 0 Å². The predicted molar refractivity (Wildman–Crippen MR) is 109 cm³/mol. The molecule has 0 aliphatic heterocycles. The monoisotopic (exact) mass is 389 g/mol. The Balaban J connectivity index is 1.98. The fourth-order valence-electron chi connectivity index (χ4n) is 2.66. The van der Waals surface area contributed by atoms with E-state index in [-0.39, 0.29) is 12.4 Å². The average Bonchev–Trinajstić information content (AvgIpc) is 2.72. The summed E-state index contributed by atoms with van der Waals surface area (Å²) in [5, 5.41) is 16.8. The molecule has 7 heteroatoms. The standard InChI is InChI=1S/C21H28FN3O3/c1-4-23-21(24-10-9-15-7-5-6-8-19(15)22)25-14-20(26)16-11-17(27-2)13-18(12-16)28-3/h5-8,11-13,20,26H,4,9-10,14H2,1-3H3,(H2,23,24,25). The summed E-state index contributed by atoms with van der Waals surface area (Å²) < 4.78 is 24.2. The number of nitrogens with zero attached hydrogens (tertiary/aromatic N) is 1. The van der Waals surface area contributed by atoms with Crippen LogP contribution in [-0.2, 0) is 6.42 Å². The fourth-order valence-corrected chi connectivity index (χ4v) is 2.66. The van der Waals surface area contributed by atoms with Gasteiger partial charge in [0.25, 0.3) is 0 Å². The molecule has 0 spiro atoms. The molecule has 152 valence electrons. The highest BCUT2D eigenvalue weighted by atomic mass is 19.1. The van der Waals surface area contributed by atoms with Crippen molar-refractivity contribution in [2.45, 2.75) is 19.4 Å². The molecule has 0 aromatic heterocycles. The van der Waals surface area contributed by atoms with Crippen LogP contribution in [-0.4, -0.2) is 44.9 Å². The van der Waals surface area contributed by atoms with Crippen molar-refractivity contribution in [1.82, 2.24) is 10.6 Å². The number of aliphatic imine (C=N–C) groups is 1. The zero-order valence-electron chi connectivity index (χ0n) is 16.5. The Kier molecular flexibility index (Phi) is 8.55. The number of rotatable bonds is 9. The molecule has 0 saturated carbocycles.